The SMILES string of the molecule is COc1ccccc1OCC(=O)NCCN1C(=O)S/C(=C\c2ccc3c(c2)OCO3)C1=O. The number of thioether (sulfide) groups is 1. The van der Waals surface area contributed by atoms with Crippen LogP contribution in [0.25, 0.3) is 6.08 Å². The molecule has 0 radical (unpaired) electrons. The second kappa shape index (κ2) is 9.65. The minimum absolute atomic E-state index is 0.0591. The van der Waals surface area contributed by atoms with Crippen LogP contribution in [-0.4, -0.2) is 55.6 Å². The molecule has 1 saturated heterocycles. The molecule has 0 spiro atoms. The summed E-state index contributed by atoms with van der Waals surface area (Å²) in [6.45, 7) is 0.115. The Morgan fingerprint density at radius 1 is 1.16 bits per heavy atom. The molecule has 2 aliphatic rings. The Kier molecular flexibility index (Phi) is 6.50. The van der Waals surface area contributed by atoms with Gasteiger partial charge in [0.1, 0.15) is 0 Å². The first-order valence-corrected chi connectivity index (χ1v) is 10.5. The molecule has 3 amide bonds. The van der Waals surface area contributed by atoms with E-state index >= 15 is 0 Å². The van der Waals surface area contributed by atoms with E-state index in [-0.39, 0.29) is 37.6 Å². The van der Waals surface area contributed by atoms with Crippen molar-refractivity contribution >= 4 is 34.9 Å². The van der Waals surface area contributed by atoms with Crippen LogP contribution in [0.2, 0.25) is 0 Å². The number of imide groups is 1. The molecule has 32 heavy (non-hydrogen) atoms. The van der Waals surface area contributed by atoms with Crippen molar-refractivity contribution in [1.82, 2.24) is 10.2 Å². The molecular formula is C22H20N2O7S. The summed E-state index contributed by atoms with van der Waals surface area (Å²) in [6, 6.07) is 12.3. The van der Waals surface area contributed by atoms with Crippen molar-refractivity contribution in [2.45, 2.75) is 0 Å². The molecular weight excluding hydrogens is 436 g/mol. The molecule has 2 heterocycles. The largest absolute Gasteiger partial charge is 0.493 e. The van der Waals surface area contributed by atoms with Gasteiger partial charge in [-0.1, -0.05) is 18.2 Å². The minimum atomic E-state index is -0.405. The van der Waals surface area contributed by atoms with Gasteiger partial charge in [-0.15, -0.1) is 0 Å². The van der Waals surface area contributed by atoms with Gasteiger partial charge in [0.05, 0.1) is 12.0 Å². The van der Waals surface area contributed by atoms with E-state index in [1.54, 1.807) is 48.5 Å². The number of carbonyl (C=O) groups excluding carboxylic acids is 3. The number of fused-ring (bicyclic) bond motifs is 1. The Hall–Kier alpha value is -3.66. The van der Waals surface area contributed by atoms with E-state index in [2.05, 4.69) is 5.32 Å². The van der Waals surface area contributed by atoms with Gasteiger partial charge in [0.15, 0.2) is 29.6 Å². The highest BCUT2D eigenvalue weighted by atomic mass is 32.2. The number of methoxy groups -OCH3 is 1. The fraction of sp³-hybridized carbons (Fsp3) is 0.227. The Morgan fingerprint density at radius 2 is 1.94 bits per heavy atom. The molecule has 9 nitrogen and oxygen atoms in total. The molecule has 1 fully saturated rings. The molecule has 2 aromatic rings. The maximum Gasteiger partial charge on any atom is 0.293 e. The van der Waals surface area contributed by atoms with Gasteiger partial charge in [-0.25, -0.2) is 0 Å². The maximum atomic E-state index is 12.6. The molecule has 0 bridgehead atoms. The zero-order valence-electron chi connectivity index (χ0n) is 17.2. The quantitative estimate of drug-likeness (QED) is 0.605. The molecule has 2 aliphatic heterocycles. The summed E-state index contributed by atoms with van der Waals surface area (Å²) in [5.74, 6) is 1.42. The summed E-state index contributed by atoms with van der Waals surface area (Å²) in [7, 11) is 1.51. The first kappa shape index (κ1) is 21.6. The topological polar surface area (TPSA) is 103 Å². The maximum absolute atomic E-state index is 12.6. The zero-order valence-corrected chi connectivity index (χ0v) is 18.0. The number of amides is 3. The lowest BCUT2D eigenvalue weighted by molar-refractivity contribution is -0.125. The Bertz CT molecular complexity index is 1090. The van der Waals surface area contributed by atoms with Gasteiger partial charge >= 0.3 is 0 Å². The highest BCUT2D eigenvalue weighted by Gasteiger charge is 2.34. The van der Waals surface area contributed by atoms with Crippen LogP contribution in [0.1, 0.15) is 5.56 Å². The molecule has 10 heteroatoms. The van der Waals surface area contributed by atoms with Gasteiger partial charge in [-0.2, -0.15) is 0 Å². The normalized spacial score (nSPS) is 15.9. The first-order valence-electron chi connectivity index (χ1n) is 9.72. The predicted octanol–water partition coefficient (Wildman–Crippen LogP) is 2.66. The van der Waals surface area contributed by atoms with Crippen LogP contribution in [-0.2, 0) is 9.59 Å². The Labute approximate surface area is 188 Å². The van der Waals surface area contributed by atoms with Crippen LogP contribution in [0, 0.1) is 0 Å². The highest BCUT2D eigenvalue weighted by Crippen LogP contribution is 2.36. The fourth-order valence-corrected chi connectivity index (χ4v) is 3.95. The third kappa shape index (κ3) is 4.80. The third-order valence-corrected chi connectivity index (χ3v) is 5.56. The van der Waals surface area contributed by atoms with Gasteiger partial charge in [-0.05, 0) is 47.7 Å². The average Bonchev–Trinajstić information content (AvgIpc) is 3.37. The minimum Gasteiger partial charge on any atom is -0.493 e. The smallest absolute Gasteiger partial charge is 0.293 e. The monoisotopic (exact) mass is 456 g/mol. The van der Waals surface area contributed by atoms with Crippen molar-refractivity contribution in [3.8, 4) is 23.0 Å². The van der Waals surface area contributed by atoms with Crippen molar-refractivity contribution in [3.05, 3.63) is 52.9 Å². The van der Waals surface area contributed by atoms with Crippen LogP contribution in [0.4, 0.5) is 4.79 Å². The number of ether oxygens (including phenoxy) is 4. The average molecular weight is 456 g/mol. The molecule has 0 aliphatic carbocycles. The summed E-state index contributed by atoms with van der Waals surface area (Å²) in [5.41, 5.74) is 0.724. The van der Waals surface area contributed by atoms with E-state index in [1.807, 2.05) is 0 Å². The van der Waals surface area contributed by atoms with Gasteiger partial charge in [-0.3, -0.25) is 19.3 Å². The lowest BCUT2D eigenvalue weighted by atomic mass is 10.2. The second-order valence-electron chi connectivity index (χ2n) is 6.74. The van der Waals surface area contributed by atoms with Gasteiger partial charge in [0, 0.05) is 13.1 Å². The van der Waals surface area contributed by atoms with Crippen LogP contribution < -0.4 is 24.3 Å². The van der Waals surface area contributed by atoms with E-state index in [9.17, 15) is 14.4 Å². The summed E-state index contributed by atoms with van der Waals surface area (Å²) >= 11 is 0.856. The number of para-hydroxylation sites is 2. The molecule has 0 atom stereocenters. The van der Waals surface area contributed by atoms with Crippen LogP contribution >= 0.6 is 11.8 Å². The predicted molar refractivity (Wildman–Crippen MR) is 117 cm³/mol. The Balaban J connectivity index is 1.28. The van der Waals surface area contributed by atoms with Crippen molar-refractivity contribution < 1.29 is 33.3 Å². The van der Waals surface area contributed by atoms with E-state index in [4.69, 9.17) is 18.9 Å². The molecule has 1 N–H and O–H groups in total. The zero-order chi connectivity index (χ0) is 22.5. The highest BCUT2D eigenvalue weighted by molar-refractivity contribution is 8.18. The van der Waals surface area contributed by atoms with Gasteiger partial charge in [0.25, 0.3) is 17.1 Å². The van der Waals surface area contributed by atoms with Crippen molar-refractivity contribution in [2.24, 2.45) is 0 Å². The van der Waals surface area contributed by atoms with Crippen LogP contribution in [0.15, 0.2) is 47.4 Å². The van der Waals surface area contributed by atoms with Gasteiger partial charge < -0.3 is 24.3 Å². The Morgan fingerprint density at radius 3 is 2.75 bits per heavy atom. The summed E-state index contributed by atoms with van der Waals surface area (Å²) in [5, 5.41) is 2.25. The number of nitrogens with zero attached hydrogens (tertiary/aromatic N) is 1. The lowest BCUT2D eigenvalue weighted by Crippen LogP contribution is -2.38. The van der Waals surface area contributed by atoms with Crippen LogP contribution in [0.5, 0.6) is 23.0 Å². The summed E-state index contributed by atoms with van der Waals surface area (Å²) in [6.07, 6.45) is 1.63. The summed E-state index contributed by atoms with van der Waals surface area (Å²) in [4.78, 5) is 38.3. The standard InChI is InChI=1S/C22H20N2O7S/c1-28-15-4-2-3-5-16(15)29-12-20(25)23-8-9-24-21(26)19(32-22(24)27)11-14-6-7-17-18(10-14)31-13-30-17/h2-7,10-11H,8-9,12-13H2,1H3,(H,23,25)/b19-11-. The number of nitrogens with one attached hydrogen (secondary N) is 1. The fourth-order valence-electron chi connectivity index (χ4n) is 3.09. The van der Waals surface area contributed by atoms with Crippen LogP contribution in [0.3, 0.4) is 0 Å². The van der Waals surface area contributed by atoms with E-state index in [0.29, 0.717) is 27.9 Å². The summed E-state index contributed by atoms with van der Waals surface area (Å²) < 4.78 is 21.2. The number of hydrogen-bond donors (Lipinski definition) is 1. The first-order chi connectivity index (χ1) is 15.5. The van der Waals surface area contributed by atoms with Crippen molar-refractivity contribution in [3.63, 3.8) is 0 Å². The molecule has 4 rings (SSSR count). The number of benzene rings is 2. The van der Waals surface area contributed by atoms with E-state index in [0.717, 1.165) is 22.2 Å². The molecule has 2 aromatic carbocycles. The molecule has 0 saturated carbocycles. The second-order valence-corrected chi connectivity index (χ2v) is 7.73. The van der Waals surface area contributed by atoms with Crippen molar-refractivity contribution in [1.29, 1.82) is 0 Å². The molecule has 0 aromatic heterocycles. The number of carbonyl (C=O) groups is 3. The van der Waals surface area contributed by atoms with Gasteiger partial charge in [0.2, 0.25) is 6.79 Å². The van der Waals surface area contributed by atoms with Crippen molar-refractivity contribution in [2.75, 3.05) is 33.6 Å². The number of hydrogen-bond acceptors (Lipinski definition) is 8. The molecule has 0 unspecified atom stereocenters. The van der Waals surface area contributed by atoms with E-state index in [1.165, 1.54) is 7.11 Å². The third-order valence-electron chi connectivity index (χ3n) is 4.65. The molecule has 166 valence electrons. The van der Waals surface area contributed by atoms with E-state index < -0.39 is 5.91 Å². The number of rotatable bonds is 8. The lowest BCUT2D eigenvalue weighted by Gasteiger charge is -2.13.